The van der Waals surface area contributed by atoms with E-state index in [0.29, 0.717) is 5.75 Å². The molecule has 12 heavy (non-hydrogen) atoms. The smallest absolute Gasteiger partial charge is 0.0928 e. The first-order valence-electron chi connectivity index (χ1n) is 3.91. The molecule has 1 aromatic carbocycles. The van der Waals surface area contributed by atoms with Gasteiger partial charge in [0, 0.05) is 4.90 Å². The summed E-state index contributed by atoms with van der Waals surface area (Å²) in [5.41, 5.74) is 0. The molecule has 0 spiro atoms. The maximum atomic E-state index is 11.5. The summed E-state index contributed by atoms with van der Waals surface area (Å²) in [4.78, 5) is 0.896. The van der Waals surface area contributed by atoms with Gasteiger partial charge in [-0.3, -0.25) is 4.21 Å². The number of benzene rings is 1. The van der Waals surface area contributed by atoms with Crippen molar-refractivity contribution in [2.75, 3.05) is 12.4 Å². The van der Waals surface area contributed by atoms with Gasteiger partial charge in [-0.25, -0.2) is 0 Å². The zero-order valence-corrected chi connectivity index (χ0v) is 7.42. The van der Waals surface area contributed by atoms with Crippen LogP contribution in [-0.4, -0.2) is 22.7 Å². The molecular weight excluding hydrogens is 172 g/mol. The molecule has 1 heterocycles. The molecule has 2 rings (SSSR count). The van der Waals surface area contributed by atoms with Crippen molar-refractivity contribution in [3.63, 3.8) is 0 Å². The van der Waals surface area contributed by atoms with Gasteiger partial charge < -0.3 is 4.74 Å². The molecule has 0 aliphatic carbocycles. The Morgan fingerprint density at radius 3 is 2.67 bits per heavy atom. The summed E-state index contributed by atoms with van der Waals surface area (Å²) in [6, 6.07) is 9.51. The lowest BCUT2D eigenvalue weighted by atomic mass is 10.4. The molecule has 0 saturated carbocycles. The van der Waals surface area contributed by atoms with Crippen molar-refractivity contribution < 1.29 is 8.95 Å². The SMILES string of the molecule is O=S(CC1CO1)c1ccccc1. The highest BCUT2D eigenvalue weighted by atomic mass is 32.2. The predicted molar refractivity (Wildman–Crippen MR) is 47.5 cm³/mol. The van der Waals surface area contributed by atoms with Gasteiger partial charge in [0.25, 0.3) is 0 Å². The van der Waals surface area contributed by atoms with E-state index in [2.05, 4.69) is 0 Å². The van der Waals surface area contributed by atoms with Crippen LogP contribution in [0.15, 0.2) is 35.2 Å². The van der Waals surface area contributed by atoms with Gasteiger partial charge in [-0.15, -0.1) is 0 Å². The van der Waals surface area contributed by atoms with Crippen LogP contribution < -0.4 is 0 Å². The zero-order valence-electron chi connectivity index (χ0n) is 6.60. The Hall–Kier alpha value is -0.670. The molecule has 1 fully saturated rings. The molecule has 2 nitrogen and oxygen atoms in total. The summed E-state index contributed by atoms with van der Waals surface area (Å²) < 4.78 is 16.5. The second kappa shape index (κ2) is 3.37. The summed E-state index contributed by atoms with van der Waals surface area (Å²) >= 11 is 0. The third-order valence-corrected chi connectivity index (χ3v) is 3.22. The molecule has 1 aliphatic heterocycles. The van der Waals surface area contributed by atoms with E-state index >= 15 is 0 Å². The summed E-state index contributed by atoms with van der Waals surface area (Å²) in [6.45, 7) is 0.776. The fraction of sp³-hybridized carbons (Fsp3) is 0.333. The first-order chi connectivity index (χ1) is 5.86. The molecule has 1 aliphatic rings. The van der Waals surface area contributed by atoms with Crippen molar-refractivity contribution in [2.45, 2.75) is 11.0 Å². The molecule has 0 radical (unpaired) electrons. The molecule has 1 saturated heterocycles. The monoisotopic (exact) mass is 182 g/mol. The minimum absolute atomic E-state index is 0.242. The molecule has 0 amide bonds. The topological polar surface area (TPSA) is 29.6 Å². The second-order valence-corrected chi connectivity index (χ2v) is 4.28. The van der Waals surface area contributed by atoms with Crippen LogP contribution in [0.2, 0.25) is 0 Å². The maximum Gasteiger partial charge on any atom is 0.0928 e. The van der Waals surface area contributed by atoms with Gasteiger partial charge in [0.15, 0.2) is 0 Å². The highest BCUT2D eigenvalue weighted by Gasteiger charge is 2.25. The Bertz CT molecular complexity index is 280. The summed E-state index contributed by atoms with van der Waals surface area (Å²) in [5.74, 6) is 0.643. The number of ether oxygens (including phenoxy) is 1. The van der Waals surface area contributed by atoms with Crippen LogP contribution in [0.1, 0.15) is 0 Å². The van der Waals surface area contributed by atoms with Gasteiger partial charge in [0.2, 0.25) is 0 Å². The number of rotatable bonds is 3. The predicted octanol–water partition coefficient (Wildman–Crippen LogP) is 1.19. The van der Waals surface area contributed by atoms with E-state index < -0.39 is 10.8 Å². The molecule has 64 valence electrons. The van der Waals surface area contributed by atoms with E-state index in [4.69, 9.17) is 4.74 Å². The minimum Gasteiger partial charge on any atom is -0.372 e. The summed E-state index contributed by atoms with van der Waals surface area (Å²) in [6.07, 6.45) is 0.242. The molecular formula is C9H10O2S. The van der Waals surface area contributed by atoms with Gasteiger partial charge in [0.1, 0.15) is 0 Å². The summed E-state index contributed by atoms with van der Waals surface area (Å²) in [5, 5.41) is 0. The normalized spacial score (nSPS) is 23.5. The van der Waals surface area contributed by atoms with Crippen LogP contribution in [-0.2, 0) is 15.5 Å². The Morgan fingerprint density at radius 1 is 1.42 bits per heavy atom. The number of hydrogen-bond acceptors (Lipinski definition) is 2. The van der Waals surface area contributed by atoms with Crippen molar-refractivity contribution in [1.29, 1.82) is 0 Å². The number of epoxide rings is 1. The lowest BCUT2D eigenvalue weighted by Gasteiger charge is -1.97. The molecule has 1 aromatic rings. The van der Waals surface area contributed by atoms with Gasteiger partial charge in [-0.05, 0) is 12.1 Å². The number of hydrogen-bond donors (Lipinski definition) is 0. The van der Waals surface area contributed by atoms with Crippen molar-refractivity contribution in [3.8, 4) is 0 Å². The van der Waals surface area contributed by atoms with Crippen LogP contribution in [0.3, 0.4) is 0 Å². The Morgan fingerprint density at radius 2 is 2.08 bits per heavy atom. The molecule has 0 aromatic heterocycles. The van der Waals surface area contributed by atoms with Crippen LogP contribution in [0.5, 0.6) is 0 Å². The highest BCUT2D eigenvalue weighted by molar-refractivity contribution is 7.85. The van der Waals surface area contributed by atoms with E-state index in [9.17, 15) is 4.21 Å². The van der Waals surface area contributed by atoms with Crippen LogP contribution in [0.25, 0.3) is 0 Å². The van der Waals surface area contributed by atoms with Gasteiger partial charge >= 0.3 is 0 Å². The zero-order chi connectivity index (χ0) is 8.39. The van der Waals surface area contributed by atoms with Gasteiger partial charge in [-0.1, -0.05) is 18.2 Å². The average Bonchev–Trinajstić information content (AvgIpc) is 2.90. The standard InChI is InChI=1S/C9H10O2S/c10-12(7-8-6-11-8)9-4-2-1-3-5-9/h1-5,8H,6-7H2. The second-order valence-electron chi connectivity index (χ2n) is 2.78. The van der Waals surface area contributed by atoms with E-state index in [1.54, 1.807) is 0 Å². The molecule has 2 unspecified atom stereocenters. The lowest BCUT2D eigenvalue weighted by Crippen LogP contribution is -2.03. The quantitative estimate of drug-likeness (QED) is 0.657. The van der Waals surface area contributed by atoms with Gasteiger partial charge in [0.05, 0.1) is 29.3 Å². The van der Waals surface area contributed by atoms with Crippen molar-refractivity contribution in [2.24, 2.45) is 0 Å². The lowest BCUT2D eigenvalue weighted by molar-refractivity contribution is 0.425. The van der Waals surface area contributed by atoms with Crippen molar-refractivity contribution in [3.05, 3.63) is 30.3 Å². The van der Waals surface area contributed by atoms with E-state index in [1.165, 1.54) is 0 Å². The van der Waals surface area contributed by atoms with E-state index in [0.717, 1.165) is 11.5 Å². The third-order valence-electron chi connectivity index (χ3n) is 1.75. The minimum atomic E-state index is -0.876. The Balaban J connectivity index is 2.03. The van der Waals surface area contributed by atoms with Crippen molar-refractivity contribution in [1.82, 2.24) is 0 Å². The van der Waals surface area contributed by atoms with Gasteiger partial charge in [-0.2, -0.15) is 0 Å². The third kappa shape index (κ3) is 1.93. The fourth-order valence-electron chi connectivity index (χ4n) is 1.00. The Kier molecular flexibility index (Phi) is 2.23. The largest absolute Gasteiger partial charge is 0.372 e. The first kappa shape index (κ1) is 7.95. The van der Waals surface area contributed by atoms with Crippen molar-refractivity contribution >= 4 is 10.8 Å². The molecule has 0 bridgehead atoms. The van der Waals surface area contributed by atoms with Crippen LogP contribution in [0, 0.1) is 0 Å². The molecule has 2 atom stereocenters. The van der Waals surface area contributed by atoms with E-state index in [1.807, 2.05) is 30.3 Å². The highest BCUT2D eigenvalue weighted by Crippen LogP contribution is 2.14. The molecule has 3 heteroatoms. The first-order valence-corrected chi connectivity index (χ1v) is 5.23. The van der Waals surface area contributed by atoms with Crippen LogP contribution in [0.4, 0.5) is 0 Å². The van der Waals surface area contributed by atoms with E-state index in [-0.39, 0.29) is 6.10 Å². The average molecular weight is 182 g/mol. The van der Waals surface area contributed by atoms with Crippen LogP contribution >= 0.6 is 0 Å². The maximum absolute atomic E-state index is 11.5. The molecule has 0 N–H and O–H groups in total. The fourth-order valence-corrected chi connectivity index (χ4v) is 2.18. The summed E-state index contributed by atoms with van der Waals surface area (Å²) in [7, 11) is -0.876. The Labute approximate surface area is 74.0 Å².